The number of rotatable bonds is 5. The number of carbonyl (C=O) groups excluding carboxylic acids is 2. The van der Waals surface area contributed by atoms with Crippen LogP contribution in [0.3, 0.4) is 0 Å². The smallest absolute Gasteiger partial charge is 0.228 e. The molecule has 1 aromatic rings. The van der Waals surface area contributed by atoms with E-state index in [9.17, 15) is 9.59 Å². The molecule has 6 heteroatoms. The molecule has 28 heavy (non-hydrogen) atoms. The number of piperidine rings is 1. The number of ether oxygens (including phenoxy) is 2. The van der Waals surface area contributed by atoms with Crippen LogP contribution in [0.5, 0.6) is 11.5 Å². The normalized spacial score (nSPS) is 24.9. The maximum Gasteiger partial charge on any atom is 0.228 e. The number of benzene rings is 1. The van der Waals surface area contributed by atoms with Gasteiger partial charge in [-0.3, -0.25) is 9.59 Å². The van der Waals surface area contributed by atoms with Crippen LogP contribution in [0.1, 0.15) is 43.6 Å². The molecule has 2 saturated heterocycles. The highest BCUT2D eigenvalue weighted by Gasteiger charge is 2.45. The Morgan fingerprint density at radius 2 is 1.68 bits per heavy atom. The van der Waals surface area contributed by atoms with E-state index in [4.69, 9.17) is 9.47 Å². The minimum Gasteiger partial charge on any atom is -0.497 e. The summed E-state index contributed by atoms with van der Waals surface area (Å²) >= 11 is 0. The first kappa shape index (κ1) is 19.1. The number of nitrogens with zero attached hydrogens (tertiary/aromatic N) is 2. The zero-order valence-electron chi connectivity index (χ0n) is 16.9. The lowest BCUT2D eigenvalue weighted by Crippen LogP contribution is -2.42. The van der Waals surface area contributed by atoms with Crippen molar-refractivity contribution in [3.8, 4) is 11.5 Å². The first-order valence-electron chi connectivity index (χ1n) is 10.4. The molecule has 1 saturated carbocycles. The standard InChI is InChI=1S/C22H30N2O4/c1-27-16-8-9-20(28-2)17(12-16)18-13-24(21(25)15-6-7-15)14-19(18)22(26)23-10-4-3-5-11-23/h8-9,12,15,18-19H,3-7,10-11,13-14H2,1-2H3/t18-,19+/m1/s1. The van der Waals surface area contributed by atoms with E-state index in [1.54, 1.807) is 14.2 Å². The molecule has 0 unspecified atom stereocenters. The van der Waals surface area contributed by atoms with E-state index in [-0.39, 0.29) is 29.6 Å². The van der Waals surface area contributed by atoms with Gasteiger partial charge in [0.15, 0.2) is 0 Å². The highest BCUT2D eigenvalue weighted by molar-refractivity contribution is 5.85. The van der Waals surface area contributed by atoms with Gasteiger partial charge in [0.05, 0.1) is 20.1 Å². The topological polar surface area (TPSA) is 59.1 Å². The largest absolute Gasteiger partial charge is 0.497 e. The average Bonchev–Trinajstić information content (AvgIpc) is 3.51. The van der Waals surface area contributed by atoms with Crippen molar-refractivity contribution in [2.75, 3.05) is 40.4 Å². The van der Waals surface area contributed by atoms with E-state index in [1.165, 1.54) is 6.42 Å². The van der Waals surface area contributed by atoms with Gasteiger partial charge in [-0.15, -0.1) is 0 Å². The summed E-state index contributed by atoms with van der Waals surface area (Å²) in [7, 11) is 3.29. The Morgan fingerprint density at radius 1 is 0.929 bits per heavy atom. The summed E-state index contributed by atoms with van der Waals surface area (Å²) in [5.74, 6) is 1.76. The predicted octanol–water partition coefficient (Wildman–Crippen LogP) is 2.67. The van der Waals surface area contributed by atoms with Crippen LogP contribution in [0.2, 0.25) is 0 Å². The number of likely N-dealkylation sites (tertiary alicyclic amines) is 2. The van der Waals surface area contributed by atoms with Crippen molar-refractivity contribution >= 4 is 11.8 Å². The minimum absolute atomic E-state index is 0.0674. The number of hydrogen-bond acceptors (Lipinski definition) is 4. The first-order chi connectivity index (χ1) is 13.6. The van der Waals surface area contributed by atoms with E-state index in [2.05, 4.69) is 0 Å². The van der Waals surface area contributed by atoms with Crippen LogP contribution in [-0.2, 0) is 9.59 Å². The van der Waals surface area contributed by atoms with Crippen LogP contribution in [0.15, 0.2) is 18.2 Å². The fraction of sp³-hybridized carbons (Fsp3) is 0.636. The van der Waals surface area contributed by atoms with Gasteiger partial charge in [-0.1, -0.05) is 0 Å². The third-order valence-electron chi connectivity index (χ3n) is 6.38. The van der Waals surface area contributed by atoms with Gasteiger partial charge in [-0.05, 0) is 50.3 Å². The SMILES string of the molecule is COc1ccc(OC)c([C@H]2CN(C(=O)C3CC3)C[C@@H]2C(=O)N2CCCCC2)c1. The summed E-state index contributed by atoms with van der Waals surface area (Å²) < 4.78 is 11.0. The lowest BCUT2D eigenvalue weighted by Gasteiger charge is -2.31. The monoisotopic (exact) mass is 386 g/mol. The van der Waals surface area contributed by atoms with Crippen molar-refractivity contribution in [2.45, 2.75) is 38.0 Å². The van der Waals surface area contributed by atoms with Gasteiger partial charge in [-0.2, -0.15) is 0 Å². The number of carbonyl (C=O) groups is 2. The zero-order chi connectivity index (χ0) is 19.7. The highest BCUT2D eigenvalue weighted by Crippen LogP contribution is 2.42. The van der Waals surface area contributed by atoms with Crippen LogP contribution in [0.25, 0.3) is 0 Å². The Bertz CT molecular complexity index is 740. The van der Waals surface area contributed by atoms with E-state index in [0.717, 1.165) is 55.8 Å². The van der Waals surface area contributed by atoms with Gasteiger partial charge in [0.2, 0.25) is 11.8 Å². The van der Waals surface area contributed by atoms with Crippen molar-refractivity contribution in [1.29, 1.82) is 0 Å². The lowest BCUT2D eigenvalue weighted by atomic mass is 9.86. The molecule has 2 heterocycles. The number of amides is 2. The van der Waals surface area contributed by atoms with E-state index in [1.807, 2.05) is 28.0 Å². The molecule has 2 atom stereocenters. The molecule has 1 aromatic carbocycles. The maximum absolute atomic E-state index is 13.4. The molecule has 2 amide bonds. The molecule has 2 aliphatic heterocycles. The second kappa shape index (κ2) is 8.02. The molecule has 0 aromatic heterocycles. The second-order valence-electron chi connectivity index (χ2n) is 8.22. The molecule has 4 rings (SSSR count). The summed E-state index contributed by atoms with van der Waals surface area (Å²) in [6.07, 6.45) is 5.28. The lowest BCUT2D eigenvalue weighted by molar-refractivity contribution is -0.137. The fourth-order valence-electron chi connectivity index (χ4n) is 4.62. The summed E-state index contributed by atoms with van der Waals surface area (Å²) in [6, 6.07) is 5.72. The molecule has 6 nitrogen and oxygen atoms in total. The minimum atomic E-state index is -0.221. The molecule has 3 fully saturated rings. The van der Waals surface area contributed by atoms with Crippen molar-refractivity contribution in [3.05, 3.63) is 23.8 Å². The fourth-order valence-corrected chi connectivity index (χ4v) is 4.62. The molecule has 3 aliphatic rings. The van der Waals surface area contributed by atoms with Crippen molar-refractivity contribution in [1.82, 2.24) is 9.80 Å². The summed E-state index contributed by atoms with van der Waals surface area (Å²) in [4.78, 5) is 30.1. The van der Waals surface area contributed by atoms with Gasteiger partial charge >= 0.3 is 0 Å². The Kier molecular flexibility index (Phi) is 5.47. The van der Waals surface area contributed by atoms with Gasteiger partial charge in [0.1, 0.15) is 11.5 Å². The van der Waals surface area contributed by atoms with Gasteiger partial charge in [-0.25, -0.2) is 0 Å². The van der Waals surface area contributed by atoms with Crippen molar-refractivity contribution < 1.29 is 19.1 Å². The Labute approximate surface area is 166 Å². The molecule has 0 bridgehead atoms. The van der Waals surface area contributed by atoms with Gasteiger partial charge in [0, 0.05) is 43.6 Å². The predicted molar refractivity (Wildman–Crippen MR) is 106 cm³/mol. The van der Waals surface area contributed by atoms with Crippen LogP contribution >= 0.6 is 0 Å². The summed E-state index contributed by atoms with van der Waals surface area (Å²) in [6.45, 7) is 2.74. The first-order valence-corrected chi connectivity index (χ1v) is 10.4. The third-order valence-corrected chi connectivity index (χ3v) is 6.38. The maximum atomic E-state index is 13.4. The van der Waals surface area contributed by atoms with Crippen LogP contribution in [0, 0.1) is 11.8 Å². The Morgan fingerprint density at radius 3 is 2.32 bits per heavy atom. The van der Waals surface area contributed by atoms with Gasteiger partial charge in [0.25, 0.3) is 0 Å². The van der Waals surface area contributed by atoms with E-state index < -0.39 is 0 Å². The summed E-state index contributed by atoms with van der Waals surface area (Å²) in [5, 5.41) is 0. The highest BCUT2D eigenvalue weighted by atomic mass is 16.5. The quantitative estimate of drug-likeness (QED) is 0.781. The molecule has 0 radical (unpaired) electrons. The van der Waals surface area contributed by atoms with E-state index in [0.29, 0.717) is 13.1 Å². The number of hydrogen-bond donors (Lipinski definition) is 0. The molecule has 1 aliphatic carbocycles. The third kappa shape index (κ3) is 3.69. The molecule has 0 spiro atoms. The van der Waals surface area contributed by atoms with E-state index >= 15 is 0 Å². The molecular weight excluding hydrogens is 356 g/mol. The Hall–Kier alpha value is -2.24. The number of methoxy groups -OCH3 is 2. The Balaban J connectivity index is 1.65. The van der Waals surface area contributed by atoms with Gasteiger partial charge < -0.3 is 19.3 Å². The average molecular weight is 386 g/mol. The van der Waals surface area contributed by atoms with Crippen LogP contribution < -0.4 is 9.47 Å². The zero-order valence-corrected chi connectivity index (χ0v) is 16.9. The molecular formula is C22H30N2O4. The molecule has 152 valence electrons. The molecule has 0 N–H and O–H groups in total. The van der Waals surface area contributed by atoms with Crippen LogP contribution in [0.4, 0.5) is 0 Å². The van der Waals surface area contributed by atoms with Crippen molar-refractivity contribution in [2.24, 2.45) is 11.8 Å². The van der Waals surface area contributed by atoms with Crippen LogP contribution in [-0.4, -0.2) is 62.0 Å². The second-order valence-corrected chi connectivity index (χ2v) is 8.22. The van der Waals surface area contributed by atoms with Crippen molar-refractivity contribution in [3.63, 3.8) is 0 Å². The summed E-state index contributed by atoms with van der Waals surface area (Å²) in [5.41, 5.74) is 0.961.